The summed E-state index contributed by atoms with van der Waals surface area (Å²) in [6.07, 6.45) is 2.21. The fourth-order valence-electron chi connectivity index (χ4n) is 1.06. The molecule has 4 heteroatoms. The standard InChI is InChI=1S/C7H12N2O.ClH/c10-7(5-1-2-5)9-6-3-8-4-6;/h5-6,8H,1-4H2,(H,9,10);1H. The molecule has 1 heterocycles. The van der Waals surface area contributed by atoms with Crippen LogP contribution in [0.1, 0.15) is 12.8 Å². The van der Waals surface area contributed by atoms with Crippen LogP contribution in [0, 0.1) is 5.92 Å². The third-order valence-electron chi connectivity index (χ3n) is 2.08. The van der Waals surface area contributed by atoms with Crippen molar-refractivity contribution in [2.24, 2.45) is 5.92 Å². The number of carbonyl (C=O) groups is 1. The highest BCUT2D eigenvalue weighted by Crippen LogP contribution is 2.28. The summed E-state index contributed by atoms with van der Waals surface area (Å²) < 4.78 is 0. The summed E-state index contributed by atoms with van der Waals surface area (Å²) in [5, 5.41) is 6.09. The van der Waals surface area contributed by atoms with Gasteiger partial charge >= 0.3 is 0 Å². The number of halogens is 1. The number of rotatable bonds is 2. The van der Waals surface area contributed by atoms with Gasteiger partial charge in [0, 0.05) is 19.0 Å². The molecule has 1 saturated carbocycles. The molecular weight excluding hydrogens is 164 g/mol. The van der Waals surface area contributed by atoms with E-state index in [9.17, 15) is 4.79 Å². The van der Waals surface area contributed by atoms with Gasteiger partial charge in [0.2, 0.25) is 5.91 Å². The van der Waals surface area contributed by atoms with Crippen molar-refractivity contribution < 1.29 is 4.79 Å². The topological polar surface area (TPSA) is 41.1 Å². The summed E-state index contributed by atoms with van der Waals surface area (Å²) >= 11 is 0. The number of amides is 1. The van der Waals surface area contributed by atoms with Crippen LogP contribution in [-0.4, -0.2) is 25.0 Å². The fraction of sp³-hybridized carbons (Fsp3) is 0.857. The zero-order chi connectivity index (χ0) is 6.97. The average Bonchev–Trinajstić information content (AvgIpc) is 2.58. The molecule has 0 spiro atoms. The lowest BCUT2D eigenvalue weighted by atomic mass is 10.2. The molecule has 0 bridgehead atoms. The van der Waals surface area contributed by atoms with Crippen molar-refractivity contribution in [3.63, 3.8) is 0 Å². The van der Waals surface area contributed by atoms with Crippen molar-refractivity contribution >= 4 is 18.3 Å². The smallest absolute Gasteiger partial charge is 0.223 e. The highest BCUT2D eigenvalue weighted by molar-refractivity contribution is 5.85. The fourth-order valence-corrected chi connectivity index (χ4v) is 1.06. The van der Waals surface area contributed by atoms with E-state index >= 15 is 0 Å². The summed E-state index contributed by atoms with van der Waals surface area (Å²) in [4.78, 5) is 11.1. The molecule has 1 amide bonds. The van der Waals surface area contributed by atoms with Gasteiger partial charge in [0.05, 0.1) is 6.04 Å². The lowest BCUT2D eigenvalue weighted by Crippen LogP contribution is -2.57. The summed E-state index contributed by atoms with van der Waals surface area (Å²) in [5.74, 6) is 0.632. The Bertz CT molecular complexity index is 155. The van der Waals surface area contributed by atoms with Crippen molar-refractivity contribution in [2.45, 2.75) is 18.9 Å². The Labute approximate surface area is 72.3 Å². The summed E-state index contributed by atoms with van der Waals surface area (Å²) in [7, 11) is 0. The first-order valence-corrected chi connectivity index (χ1v) is 3.87. The summed E-state index contributed by atoms with van der Waals surface area (Å²) in [5.41, 5.74) is 0. The Morgan fingerprint density at radius 2 is 2.00 bits per heavy atom. The Hall–Kier alpha value is -0.280. The monoisotopic (exact) mass is 176 g/mol. The number of carbonyl (C=O) groups excluding carboxylic acids is 1. The first kappa shape index (κ1) is 8.81. The zero-order valence-electron chi connectivity index (χ0n) is 6.30. The van der Waals surface area contributed by atoms with Gasteiger partial charge in [-0.05, 0) is 12.8 Å². The number of hydrogen-bond acceptors (Lipinski definition) is 2. The maximum absolute atomic E-state index is 11.1. The Balaban J connectivity index is 0.000000605. The van der Waals surface area contributed by atoms with E-state index in [0.717, 1.165) is 25.9 Å². The molecule has 0 radical (unpaired) electrons. The second kappa shape index (κ2) is 3.41. The van der Waals surface area contributed by atoms with Crippen molar-refractivity contribution in [1.29, 1.82) is 0 Å². The Morgan fingerprint density at radius 1 is 1.36 bits per heavy atom. The molecule has 1 aliphatic heterocycles. The number of nitrogens with one attached hydrogen (secondary N) is 2. The minimum atomic E-state index is 0. The van der Waals surface area contributed by atoms with Crippen LogP contribution in [0.25, 0.3) is 0 Å². The molecule has 3 nitrogen and oxygen atoms in total. The summed E-state index contributed by atoms with van der Waals surface area (Å²) in [6, 6.07) is 0.424. The Morgan fingerprint density at radius 3 is 2.36 bits per heavy atom. The van der Waals surface area contributed by atoms with Crippen molar-refractivity contribution in [3.8, 4) is 0 Å². The van der Waals surface area contributed by atoms with Crippen molar-refractivity contribution in [1.82, 2.24) is 10.6 Å². The third kappa shape index (κ3) is 2.07. The first-order chi connectivity index (χ1) is 4.86. The predicted octanol–water partition coefficient (Wildman–Crippen LogP) is -0.0938. The van der Waals surface area contributed by atoms with Gasteiger partial charge < -0.3 is 10.6 Å². The van der Waals surface area contributed by atoms with Gasteiger partial charge in [-0.15, -0.1) is 12.4 Å². The molecule has 0 atom stereocenters. The van der Waals surface area contributed by atoms with Crippen LogP contribution < -0.4 is 10.6 Å². The Kier molecular flexibility index (Phi) is 2.73. The van der Waals surface area contributed by atoms with E-state index in [1.807, 2.05) is 0 Å². The van der Waals surface area contributed by atoms with Gasteiger partial charge in [-0.2, -0.15) is 0 Å². The van der Waals surface area contributed by atoms with Gasteiger partial charge in [-0.1, -0.05) is 0 Å². The van der Waals surface area contributed by atoms with Crippen LogP contribution in [0.2, 0.25) is 0 Å². The maximum Gasteiger partial charge on any atom is 0.223 e. The highest BCUT2D eigenvalue weighted by Gasteiger charge is 2.31. The minimum absolute atomic E-state index is 0. The quantitative estimate of drug-likeness (QED) is 0.618. The molecular formula is C7H13ClN2O. The lowest BCUT2D eigenvalue weighted by Gasteiger charge is -2.27. The van der Waals surface area contributed by atoms with Gasteiger partial charge in [0.25, 0.3) is 0 Å². The van der Waals surface area contributed by atoms with E-state index in [2.05, 4.69) is 10.6 Å². The molecule has 0 aromatic rings. The zero-order valence-corrected chi connectivity index (χ0v) is 7.12. The van der Waals surface area contributed by atoms with E-state index in [1.165, 1.54) is 0 Å². The van der Waals surface area contributed by atoms with Crippen molar-refractivity contribution in [2.75, 3.05) is 13.1 Å². The largest absolute Gasteiger partial charge is 0.351 e. The first-order valence-electron chi connectivity index (χ1n) is 3.87. The molecule has 2 aliphatic rings. The average molecular weight is 177 g/mol. The van der Waals surface area contributed by atoms with E-state index in [1.54, 1.807) is 0 Å². The van der Waals surface area contributed by atoms with Crippen LogP contribution in [0.4, 0.5) is 0 Å². The van der Waals surface area contributed by atoms with E-state index in [4.69, 9.17) is 0 Å². The predicted molar refractivity (Wildman–Crippen MR) is 44.8 cm³/mol. The molecule has 0 aromatic carbocycles. The molecule has 2 fully saturated rings. The molecule has 0 unspecified atom stereocenters. The normalized spacial score (nSPS) is 23.3. The molecule has 0 aromatic heterocycles. The van der Waals surface area contributed by atoms with Gasteiger partial charge in [-0.3, -0.25) is 4.79 Å². The highest BCUT2D eigenvalue weighted by atomic mass is 35.5. The van der Waals surface area contributed by atoms with E-state index in [-0.39, 0.29) is 18.3 Å². The van der Waals surface area contributed by atoms with Gasteiger partial charge in [-0.25, -0.2) is 0 Å². The van der Waals surface area contributed by atoms with Crippen LogP contribution in [-0.2, 0) is 4.79 Å². The SMILES string of the molecule is Cl.O=C(NC1CNC1)C1CC1. The van der Waals surface area contributed by atoms with Crippen LogP contribution in [0.15, 0.2) is 0 Å². The van der Waals surface area contributed by atoms with Crippen LogP contribution in [0.5, 0.6) is 0 Å². The van der Waals surface area contributed by atoms with Gasteiger partial charge in [0.15, 0.2) is 0 Å². The molecule has 2 rings (SSSR count). The lowest BCUT2D eigenvalue weighted by molar-refractivity contribution is -0.123. The second-order valence-electron chi connectivity index (χ2n) is 3.14. The molecule has 1 saturated heterocycles. The summed E-state index contributed by atoms with van der Waals surface area (Å²) in [6.45, 7) is 1.91. The minimum Gasteiger partial charge on any atom is -0.351 e. The third-order valence-corrected chi connectivity index (χ3v) is 2.08. The molecule has 2 N–H and O–H groups in total. The van der Waals surface area contributed by atoms with Crippen LogP contribution >= 0.6 is 12.4 Å². The maximum atomic E-state index is 11.1. The van der Waals surface area contributed by atoms with Crippen molar-refractivity contribution in [3.05, 3.63) is 0 Å². The van der Waals surface area contributed by atoms with E-state index in [0.29, 0.717) is 12.0 Å². The molecule has 64 valence electrons. The molecule has 11 heavy (non-hydrogen) atoms. The second-order valence-corrected chi connectivity index (χ2v) is 3.14. The molecule has 1 aliphatic carbocycles. The van der Waals surface area contributed by atoms with Gasteiger partial charge in [0.1, 0.15) is 0 Å². The number of hydrogen-bond donors (Lipinski definition) is 2. The van der Waals surface area contributed by atoms with Crippen LogP contribution in [0.3, 0.4) is 0 Å². The van der Waals surface area contributed by atoms with E-state index < -0.39 is 0 Å².